The van der Waals surface area contributed by atoms with Crippen LogP contribution in [0, 0.1) is 5.41 Å². The zero-order chi connectivity index (χ0) is 18.1. The highest BCUT2D eigenvalue weighted by Gasteiger charge is 2.58. The number of thiophene rings is 1. The third-order valence-electron chi connectivity index (χ3n) is 5.70. The maximum absolute atomic E-state index is 12.1. The fourth-order valence-electron chi connectivity index (χ4n) is 4.10. The van der Waals surface area contributed by atoms with Crippen LogP contribution >= 0.6 is 11.3 Å². The number of amides is 1. The summed E-state index contributed by atoms with van der Waals surface area (Å²) in [5, 5.41) is 4.18. The van der Waals surface area contributed by atoms with Crippen molar-refractivity contribution in [2.24, 2.45) is 5.41 Å². The highest BCUT2D eigenvalue weighted by atomic mass is 32.2. The van der Waals surface area contributed by atoms with Gasteiger partial charge in [0.05, 0.1) is 5.75 Å². The first-order valence-electron chi connectivity index (χ1n) is 8.97. The Hall–Kier alpha value is -0.920. The summed E-state index contributed by atoms with van der Waals surface area (Å²) in [5.74, 6) is 0.444. The molecule has 140 valence electrons. The topological polar surface area (TPSA) is 57.7 Å². The first kappa shape index (κ1) is 18.9. The van der Waals surface area contributed by atoms with E-state index in [1.807, 2.05) is 0 Å². The summed E-state index contributed by atoms with van der Waals surface area (Å²) in [6.07, 6.45) is 5.37. The van der Waals surface area contributed by atoms with Crippen LogP contribution in [-0.2, 0) is 21.2 Å². The van der Waals surface area contributed by atoms with Gasteiger partial charge in [-0.05, 0) is 73.1 Å². The third kappa shape index (κ3) is 4.83. The lowest BCUT2D eigenvalue weighted by Crippen LogP contribution is -2.40. The van der Waals surface area contributed by atoms with E-state index in [1.54, 1.807) is 18.3 Å². The summed E-state index contributed by atoms with van der Waals surface area (Å²) >= 11 is 1.67. The van der Waals surface area contributed by atoms with Crippen LogP contribution in [0.15, 0.2) is 16.8 Å². The van der Waals surface area contributed by atoms with Crippen molar-refractivity contribution in [1.29, 1.82) is 0 Å². The average Bonchev–Trinajstić information content (AvgIpc) is 2.96. The second kappa shape index (κ2) is 7.37. The van der Waals surface area contributed by atoms with Crippen LogP contribution < -0.4 is 0 Å². The molecule has 1 saturated heterocycles. The maximum Gasteiger partial charge on any atom is 0.220 e. The predicted octanol–water partition coefficient (Wildman–Crippen LogP) is 2.39. The number of piperidine rings is 1. The molecule has 1 aromatic rings. The van der Waals surface area contributed by atoms with E-state index in [2.05, 4.69) is 26.6 Å². The molecule has 0 bridgehead atoms. The molecule has 1 saturated carbocycles. The molecule has 1 aromatic heterocycles. The van der Waals surface area contributed by atoms with Gasteiger partial charge in [-0.1, -0.05) is 0 Å². The summed E-state index contributed by atoms with van der Waals surface area (Å²) in [7, 11) is -2.86. The highest BCUT2D eigenvalue weighted by Crippen LogP contribution is 2.57. The predicted molar refractivity (Wildman–Crippen MR) is 101 cm³/mol. The van der Waals surface area contributed by atoms with Crippen molar-refractivity contribution in [1.82, 2.24) is 9.80 Å². The molecule has 1 amide bonds. The van der Waals surface area contributed by atoms with Gasteiger partial charge in [0.2, 0.25) is 5.91 Å². The van der Waals surface area contributed by atoms with Crippen molar-refractivity contribution in [3.63, 3.8) is 0 Å². The second-order valence-corrected chi connectivity index (χ2v) is 10.7. The molecule has 0 unspecified atom stereocenters. The summed E-state index contributed by atoms with van der Waals surface area (Å²) in [4.78, 5) is 16.6. The Kier molecular flexibility index (Phi) is 5.56. The highest BCUT2D eigenvalue weighted by molar-refractivity contribution is 7.90. The van der Waals surface area contributed by atoms with E-state index in [0.717, 1.165) is 45.4 Å². The van der Waals surface area contributed by atoms with Gasteiger partial charge in [0.1, 0.15) is 9.84 Å². The first-order valence-corrected chi connectivity index (χ1v) is 12.0. The zero-order valence-corrected chi connectivity index (χ0v) is 16.7. The fourth-order valence-corrected chi connectivity index (χ4v) is 5.41. The monoisotopic (exact) mass is 384 g/mol. The van der Waals surface area contributed by atoms with Crippen molar-refractivity contribution >= 4 is 27.1 Å². The molecule has 0 radical (unpaired) electrons. The van der Waals surface area contributed by atoms with Crippen molar-refractivity contribution in [2.75, 3.05) is 31.6 Å². The SMILES string of the molecule is CC(=O)N(Cc1ccsc1)[C@@H]1CC12CCN(CCCS(C)(=O)=O)CC2. The first-order chi connectivity index (χ1) is 11.8. The number of likely N-dealkylation sites (tertiary alicyclic amines) is 1. The number of hydrogen-bond acceptors (Lipinski definition) is 5. The number of hydrogen-bond donors (Lipinski definition) is 0. The summed E-state index contributed by atoms with van der Waals surface area (Å²) in [6, 6.07) is 2.48. The minimum absolute atomic E-state index is 0.170. The van der Waals surface area contributed by atoms with Crippen molar-refractivity contribution in [3.8, 4) is 0 Å². The van der Waals surface area contributed by atoms with E-state index in [9.17, 15) is 13.2 Å². The van der Waals surface area contributed by atoms with Crippen molar-refractivity contribution in [3.05, 3.63) is 22.4 Å². The molecule has 1 aliphatic carbocycles. The molecule has 2 aliphatic rings. The summed E-state index contributed by atoms with van der Waals surface area (Å²) < 4.78 is 22.5. The van der Waals surface area contributed by atoms with Gasteiger partial charge in [0, 0.05) is 25.8 Å². The van der Waals surface area contributed by atoms with Crippen LogP contribution in [0.4, 0.5) is 0 Å². The van der Waals surface area contributed by atoms with Gasteiger partial charge in [-0.15, -0.1) is 0 Å². The van der Waals surface area contributed by atoms with Crippen molar-refractivity contribution in [2.45, 2.75) is 45.2 Å². The van der Waals surface area contributed by atoms with Crippen molar-refractivity contribution < 1.29 is 13.2 Å². The molecule has 1 aliphatic heterocycles. The molecule has 3 rings (SSSR count). The van der Waals surface area contributed by atoms with Gasteiger partial charge in [-0.2, -0.15) is 11.3 Å². The van der Waals surface area contributed by atoms with Gasteiger partial charge in [-0.25, -0.2) is 8.42 Å². The minimum Gasteiger partial charge on any atom is -0.335 e. The number of sulfone groups is 1. The van der Waals surface area contributed by atoms with E-state index in [4.69, 9.17) is 0 Å². The smallest absolute Gasteiger partial charge is 0.220 e. The average molecular weight is 385 g/mol. The Labute approximate surface area is 154 Å². The van der Waals surface area contributed by atoms with E-state index in [0.29, 0.717) is 17.9 Å². The molecule has 0 N–H and O–H groups in total. The van der Waals surface area contributed by atoms with E-state index in [1.165, 1.54) is 11.8 Å². The zero-order valence-electron chi connectivity index (χ0n) is 15.1. The van der Waals surface area contributed by atoms with Gasteiger partial charge in [-0.3, -0.25) is 4.79 Å². The van der Waals surface area contributed by atoms with Gasteiger partial charge >= 0.3 is 0 Å². The Morgan fingerprint density at radius 2 is 2.12 bits per heavy atom. The molecule has 5 nitrogen and oxygen atoms in total. The molecule has 7 heteroatoms. The van der Waals surface area contributed by atoms with Crippen LogP contribution in [-0.4, -0.2) is 61.8 Å². The lowest BCUT2D eigenvalue weighted by Gasteiger charge is -2.34. The van der Waals surface area contributed by atoms with E-state index >= 15 is 0 Å². The summed E-state index contributed by atoms with van der Waals surface area (Å²) in [5.41, 5.74) is 1.52. The van der Waals surface area contributed by atoms with Crippen LogP contribution in [0.2, 0.25) is 0 Å². The maximum atomic E-state index is 12.1. The Morgan fingerprint density at radius 3 is 2.68 bits per heavy atom. The number of rotatable bonds is 7. The molecule has 1 spiro atoms. The second-order valence-electron chi connectivity index (χ2n) is 7.69. The van der Waals surface area contributed by atoms with Gasteiger partial charge in [0.25, 0.3) is 0 Å². The molecule has 25 heavy (non-hydrogen) atoms. The molecular formula is C18H28N2O3S2. The Bertz CT molecular complexity index is 692. The molecular weight excluding hydrogens is 356 g/mol. The lowest BCUT2D eigenvalue weighted by atomic mass is 9.92. The fraction of sp³-hybridized carbons (Fsp3) is 0.722. The number of carbonyl (C=O) groups is 1. The van der Waals surface area contributed by atoms with Crippen LogP contribution in [0.1, 0.15) is 38.2 Å². The minimum atomic E-state index is -2.86. The standard InChI is InChI=1S/C18H28N2O3S2/c1-15(21)20(13-16-4-10-24-14-16)17-12-18(17)5-8-19(9-6-18)7-3-11-25(2,22)23/h4,10,14,17H,3,5-9,11-13H2,1-2H3/t17-/m1/s1. The number of nitrogens with zero attached hydrogens (tertiary/aromatic N) is 2. The van der Waals surface area contributed by atoms with Crippen LogP contribution in [0.3, 0.4) is 0 Å². The Balaban J connectivity index is 1.49. The summed E-state index contributed by atoms with van der Waals surface area (Å²) in [6.45, 7) is 5.30. The largest absolute Gasteiger partial charge is 0.335 e. The van der Waals surface area contributed by atoms with Gasteiger partial charge < -0.3 is 9.80 Å². The lowest BCUT2D eigenvalue weighted by molar-refractivity contribution is -0.130. The van der Waals surface area contributed by atoms with Crippen LogP contribution in [0.5, 0.6) is 0 Å². The molecule has 0 aromatic carbocycles. The van der Waals surface area contributed by atoms with E-state index < -0.39 is 9.84 Å². The normalized spacial score (nSPS) is 22.9. The quantitative estimate of drug-likeness (QED) is 0.724. The Morgan fingerprint density at radius 1 is 1.40 bits per heavy atom. The molecule has 2 fully saturated rings. The molecule has 2 heterocycles. The van der Waals surface area contributed by atoms with E-state index in [-0.39, 0.29) is 11.7 Å². The molecule has 1 atom stereocenters. The number of carbonyl (C=O) groups excluding carboxylic acids is 1. The van der Waals surface area contributed by atoms with Gasteiger partial charge in [0.15, 0.2) is 0 Å². The third-order valence-corrected chi connectivity index (χ3v) is 7.46. The van der Waals surface area contributed by atoms with Crippen LogP contribution in [0.25, 0.3) is 0 Å².